The Hall–Kier alpha value is 0.230. The van der Waals surface area contributed by atoms with Crippen molar-refractivity contribution < 1.29 is 14.6 Å². The first-order chi connectivity index (χ1) is 6.83. The molecule has 2 rings (SSSR count). The number of unbranched alkanes of at least 4 members (excludes halogenated alkanes) is 1. The van der Waals surface area contributed by atoms with Crippen LogP contribution in [-0.4, -0.2) is 47.6 Å². The van der Waals surface area contributed by atoms with Crippen molar-refractivity contribution in [2.24, 2.45) is 0 Å². The lowest BCUT2D eigenvalue weighted by Crippen LogP contribution is -2.30. The normalized spacial score (nSPS) is 41.6. The summed E-state index contributed by atoms with van der Waals surface area (Å²) in [6.07, 6.45) is 2.15. The van der Waals surface area contributed by atoms with Crippen molar-refractivity contribution >= 4 is 11.8 Å². The van der Waals surface area contributed by atoms with Crippen molar-refractivity contribution in [2.75, 3.05) is 19.0 Å². The molecule has 2 fully saturated rings. The highest BCUT2D eigenvalue weighted by Gasteiger charge is 2.46. The maximum atomic E-state index is 9.53. The van der Waals surface area contributed by atoms with E-state index in [2.05, 4.69) is 6.92 Å². The van der Waals surface area contributed by atoms with Gasteiger partial charge < -0.3 is 14.6 Å². The smallest absolute Gasteiger partial charge is 0.113 e. The molecule has 0 aromatic heterocycles. The van der Waals surface area contributed by atoms with Crippen LogP contribution in [0.2, 0.25) is 0 Å². The largest absolute Gasteiger partial charge is 0.388 e. The van der Waals surface area contributed by atoms with Crippen LogP contribution in [0.4, 0.5) is 0 Å². The number of thioether (sulfide) groups is 1. The molecule has 14 heavy (non-hydrogen) atoms. The summed E-state index contributed by atoms with van der Waals surface area (Å²) in [5.41, 5.74) is 0. The number of ether oxygens (including phenoxy) is 2. The molecule has 1 N–H and O–H groups in total. The highest BCUT2D eigenvalue weighted by Crippen LogP contribution is 2.34. The van der Waals surface area contributed by atoms with Gasteiger partial charge in [-0.2, -0.15) is 11.8 Å². The molecule has 0 aromatic carbocycles. The maximum Gasteiger partial charge on any atom is 0.113 e. The molecule has 2 heterocycles. The third kappa shape index (κ3) is 2.08. The third-order valence-corrected chi connectivity index (χ3v) is 4.17. The van der Waals surface area contributed by atoms with Crippen LogP contribution >= 0.6 is 11.8 Å². The minimum Gasteiger partial charge on any atom is -0.388 e. The van der Waals surface area contributed by atoms with Crippen molar-refractivity contribution in [1.29, 1.82) is 0 Å². The van der Waals surface area contributed by atoms with Crippen molar-refractivity contribution in [3.63, 3.8) is 0 Å². The lowest BCUT2D eigenvalue weighted by molar-refractivity contribution is 0.0188. The second-order valence-corrected chi connectivity index (χ2v) is 5.27. The van der Waals surface area contributed by atoms with Gasteiger partial charge in [-0.05, 0) is 12.2 Å². The Balaban J connectivity index is 1.78. The van der Waals surface area contributed by atoms with Crippen molar-refractivity contribution in [2.45, 2.75) is 43.3 Å². The van der Waals surface area contributed by atoms with Gasteiger partial charge in [0.2, 0.25) is 0 Å². The predicted octanol–water partition coefficient (Wildman–Crippen LogP) is 1.05. The first kappa shape index (κ1) is 10.7. The van der Waals surface area contributed by atoms with Gasteiger partial charge in [-0.25, -0.2) is 0 Å². The van der Waals surface area contributed by atoms with E-state index < -0.39 is 6.10 Å². The summed E-state index contributed by atoms with van der Waals surface area (Å²) in [5, 5.41) is 9.96. The highest BCUT2D eigenvalue weighted by atomic mass is 32.2. The average molecular weight is 218 g/mol. The molecule has 4 atom stereocenters. The van der Waals surface area contributed by atoms with Crippen LogP contribution in [0.3, 0.4) is 0 Å². The van der Waals surface area contributed by atoms with Gasteiger partial charge in [0.05, 0.1) is 18.5 Å². The molecule has 2 saturated heterocycles. The van der Waals surface area contributed by atoms with Gasteiger partial charge in [-0.1, -0.05) is 13.3 Å². The Morgan fingerprint density at radius 3 is 2.86 bits per heavy atom. The molecule has 0 bridgehead atoms. The standard InChI is InChI=1S/C10H18O3S/c1-2-3-4-14-8-6-13-9-7(11)5-12-10(8)9/h7-11H,2-6H2,1H3/t7-,8?,9-,10-/m1/s1. The van der Waals surface area contributed by atoms with Crippen LogP contribution < -0.4 is 0 Å². The molecule has 0 saturated carbocycles. The van der Waals surface area contributed by atoms with E-state index in [-0.39, 0.29) is 12.2 Å². The highest BCUT2D eigenvalue weighted by molar-refractivity contribution is 8.00. The van der Waals surface area contributed by atoms with Crippen LogP contribution in [0.5, 0.6) is 0 Å². The van der Waals surface area contributed by atoms with E-state index in [1.165, 1.54) is 18.6 Å². The van der Waals surface area contributed by atoms with Gasteiger partial charge in [0.1, 0.15) is 18.3 Å². The van der Waals surface area contributed by atoms with Crippen LogP contribution in [0.15, 0.2) is 0 Å². The molecule has 3 nitrogen and oxygen atoms in total. The summed E-state index contributed by atoms with van der Waals surface area (Å²) in [4.78, 5) is 0. The molecule has 2 aliphatic heterocycles. The summed E-state index contributed by atoms with van der Waals surface area (Å²) < 4.78 is 11.1. The number of aliphatic hydroxyl groups is 1. The van der Waals surface area contributed by atoms with Crippen LogP contribution in [0, 0.1) is 0 Å². The van der Waals surface area contributed by atoms with E-state index in [1.54, 1.807) is 0 Å². The SMILES string of the molecule is CCCCSC1CO[C@@H]2[C@H](O)CO[C@H]12. The molecule has 1 unspecified atom stereocenters. The second-order valence-electron chi connectivity index (χ2n) is 3.93. The molecule has 0 aromatic rings. The van der Waals surface area contributed by atoms with Crippen LogP contribution in [0.1, 0.15) is 19.8 Å². The number of hydrogen-bond acceptors (Lipinski definition) is 4. The third-order valence-electron chi connectivity index (χ3n) is 2.81. The van der Waals surface area contributed by atoms with Crippen molar-refractivity contribution in [3.8, 4) is 0 Å². The number of fused-ring (bicyclic) bond motifs is 1. The number of aliphatic hydroxyl groups excluding tert-OH is 1. The summed E-state index contributed by atoms with van der Waals surface area (Å²) in [7, 11) is 0. The van der Waals surface area contributed by atoms with E-state index in [4.69, 9.17) is 9.47 Å². The fourth-order valence-corrected chi connectivity index (χ4v) is 3.32. The maximum absolute atomic E-state index is 9.53. The Labute approximate surface area is 89.2 Å². The molecule has 0 radical (unpaired) electrons. The fraction of sp³-hybridized carbons (Fsp3) is 1.00. The molecule has 0 aliphatic carbocycles. The molecule has 4 heteroatoms. The zero-order chi connectivity index (χ0) is 9.97. The molecule has 2 aliphatic rings. The van der Waals surface area contributed by atoms with E-state index in [0.29, 0.717) is 11.9 Å². The van der Waals surface area contributed by atoms with E-state index in [9.17, 15) is 5.11 Å². The number of hydrogen-bond donors (Lipinski definition) is 1. The molecule has 0 amide bonds. The Morgan fingerprint density at radius 1 is 1.29 bits per heavy atom. The first-order valence-corrected chi connectivity index (χ1v) is 6.40. The lowest BCUT2D eigenvalue weighted by Gasteiger charge is -2.14. The van der Waals surface area contributed by atoms with Gasteiger partial charge in [-0.15, -0.1) is 0 Å². The van der Waals surface area contributed by atoms with Crippen LogP contribution in [0.25, 0.3) is 0 Å². The van der Waals surface area contributed by atoms with Gasteiger partial charge in [0, 0.05) is 0 Å². The zero-order valence-electron chi connectivity index (χ0n) is 8.52. The number of rotatable bonds is 4. The van der Waals surface area contributed by atoms with Crippen LogP contribution in [-0.2, 0) is 9.47 Å². The van der Waals surface area contributed by atoms with Gasteiger partial charge in [0.25, 0.3) is 0 Å². The topological polar surface area (TPSA) is 38.7 Å². The molecular formula is C10H18O3S. The summed E-state index contributed by atoms with van der Waals surface area (Å²) in [5.74, 6) is 1.17. The Kier molecular flexibility index (Phi) is 3.71. The summed E-state index contributed by atoms with van der Waals surface area (Å²) in [6, 6.07) is 0. The monoisotopic (exact) mass is 218 g/mol. The van der Waals surface area contributed by atoms with Crippen molar-refractivity contribution in [3.05, 3.63) is 0 Å². The lowest BCUT2D eigenvalue weighted by atomic mass is 10.1. The van der Waals surface area contributed by atoms with Gasteiger partial charge >= 0.3 is 0 Å². The molecular weight excluding hydrogens is 200 g/mol. The van der Waals surface area contributed by atoms with Gasteiger partial charge in [-0.3, -0.25) is 0 Å². The average Bonchev–Trinajstić information content (AvgIpc) is 2.72. The minimum absolute atomic E-state index is 0.0610. The van der Waals surface area contributed by atoms with E-state index in [1.807, 2.05) is 11.8 Å². The van der Waals surface area contributed by atoms with Gasteiger partial charge in [0.15, 0.2) is 0 Å². The Bertz CT molecular complexity index is 188. The fourth-order valence-electron chi connectivity index (χ4n) is 1.97. The quantitative estimate of drug-likeness (QED) is 0.716. The van der Waals surface area contributed by atoms with E-state index >= 15 is 0 Å². The Morgan fingerprint density at radius 2 is 2.07 bits per heavy atom. The predicted molar refractivity (Wildman–Crippen MR) is 56.6 cm³/mol. The van der Waals surface area contributed by atoms with E-state index in [0.717, 1.165) is 6.61 Å². The molecule has 0 spiro atoms. The zero-order valence-corrected chi connectivity index (χ0v) is 9.33. The summed E-state index contributed by atoms with van der Waals surface area (Å²) >= 11 is 1.93. The molecule has 82 valence electrons. The van der Waals surface area contributed by atoms with Crippen molar-refractivity contribution in [1.82, 2.24) is 0 Å². The second kappa shape index (κ2) is 4.84. The first-order valence-electron chi connectivity index (χ1n) is 5.35. The minimum atomic E-state index is -0.406. The summed E-state index contributed by atoms with van der Waals surface area (Å²) in [6.45, 7) is 3.38.